The molecule has 5 unspecified atom stereocenters. The van der Waals surface area contributed by atoms with Gasteiger partial charge in [-0.25, -0.2) is 9.18 Å². The minimum absolute atomic E-state index is 0.488. The Balaban J connectivity index is 2.18. The molecular formula is C11H17FO7. The highest BCUT2D eigenvalue weighted by Crippen LogP contribution is 2.37. The topological polar surface area (TPSA) is 94.5 Å². The SMILES string of the molecule is CC1(C)OC2OC(CO)C(O)C(OC(=O)CF)C2O1. The Hall–Kier alpha value is -0.800. The molecule has 0 aromatic heterocycles. The van der Waals surface area contributed by atoms with Gasteiger partial charge in [-0.2, -0.15) is 0 Å². The van der Waals surface area contributed by atoms with Crippen molar-refractivity contribution in [2.45, 2.75) is 50.3 Å². The molecule has 2 rings (SSSR count). The predicted octanol–water partition coefficient (Wildman–Crippen LogP) is -0.903. The second kappa shape index (κ2) is 5.29. The van der Waals surface area contributed by atoms with E-state index in [1.165, 1.54) is 0 Å². The number of ether oxygens (including phenoxy) is 4. The molecule has 19 heavy (non-hydrogen) atoms. The third kappa shape index (κ3) is 2.87. The van der Waals surface area contributed by atoms with Crippen LogP contribution in [0, 0.1) is 0 Å². The molecule has 0 bridgehead atoms. The molecule has 0 saturated carbocycles. The lowest BCUT2D eigenvalue weighted by atomic mass is 9.99. The van der Waals surface area contributed by atoms with Crippen LogP contribution in [0.4, 0.5) is 4.39 Å². The molecule has 2 heterocycles. The molecule has 2 N–H and O–H groups in total. The maximum atomic E-state index is 12.2. The van der Waals surface area contributed by atoms with Gasteiger partial charge in [-0.15, -0.1) is 0 Å². The lowest BCUT2D eigenvalue weighted by molar-refractivity contribution is -0.261. The normalized spacial score (nSPS) is 40.8. The maximum Gasteiger partial charge on any atom is 0.338 e. The number of carbonyl (C=O) groups excluding carboxylic acids is 1. The number of fused-ring (bicyclic) bond motifs is 1. The van der Waals surface area contributed by atoms with E-state index in [1.54, 1.807) is 13.8 Å². The number of aliphatic hydroxyl groups excluding tert-OH is 2. The zero-order valence-corrected chi connectivity index (χ0v) is 10.6. The van der Waals surface area contributed by atoms with Crippen LogP contribution in [0.5, 0.6) is 0 Å². The van der Waals surface area contributed by atoms with Gasteiger partial charge in [0.05, 0.1) is 6.61 Å². The molecule has 8 heteroatoms. The zero-order valence-electron chi connectivity index (χ0n) is 10.6. The van der Waals surface area contributed by atoms with Gasteiger partial charge in [-0.05, 0) is 13.8 Å². The second-order valence-corrected chi connectivity index (χ2v) is 4.90. The van der Waals surface area contributed by atoms with Crippen molar-refractivity contribution in [1.82, 2.24) is 0 Å². The van der Waals surface area contributed by atoms with Crippen LogP contribution in [0.1, 0.15) is 13.8 Å². The van der Waals surface area contributed by atoms with E-state index in [0.717, 1.165) is 0 Å². The number of rotatable bonds is 3. The highest BCUT2D eigenvalue weighted by molar-refractivity contribution is 5.70. The summed E-state index contributed by atoms with van der Waals surface area (Å²) in [6, 6.07) is 0. The quantitative estimate of drug-likeness (QED) is 0.647. The monoisotopic (exact) mass is 280 g/mol. The smallest absolute Gasteiger partial charge is 0.338 e. The van der Waals surface area contributed by atoms with Gasteiger partial charge in [0, 0.05) is 0 Å². The highest BCUT2D eigenvalue weighted by Gasteiger charge is 2.55. The van der Waals surface area contributed by atoms with Crippen LogP contribution in [-0.2, 0) is 23.7 Å². The van der Waals surface area contributed by atoms with Crippen molar-refractivity contribution < 1.29 is 38.3 Å². The van der Waals surface area contributed by atoms with Crippen molar-refractivity contribution in [1.29, 1.82) is 0 Å². The number of alkyl halides is 1. The molecule has 0 aliphatic carbocycles. The summed E-state index contributed by atoms with van der Waals surface area (Å²) in [5, 5.41) is 19.1. The van der Waals surface area contributed by atoms with E-state index in [-0.39, 0.29) is 0 Å². The highest BCUT2D eigenvalue weighted by atomic mass is 19.1. The van der Waals surface area contributed by atoms with Crippen molar-refractivity contribution in [3.63, 3.8) is 0 Å². The Morgan fingerprint density at radius 3 is 2.68 bits per heavy atom. The predicted molar refractivity (Wildman–Crippen MR) is 57.6 cm³/mol. The Bertz CT molecular complexity index is 348. The molecule has 7 nitrogen and oxygen atoms in total. The molecular weight excluding hydrogens is 263 g/mol. The van der Waals surface area contributed by atoms with E-state index in [2.05, 4.69) is 0 Å². The average molecular weight is 280 g/mol. The third-order valence-corrected chi connectivity index (χ3v) is 2.99. The van der Waals surface area contributed by atoms with Crippen molar-refractivity contribution in [3.8, 4) is 0 Å². The Labute approximate surface area is 109 Å². The molecule has 0 spiro atoms. The van der Waals surface area contributed by atoms with E-state index < -0.39 is 55.7 Å². The van der Waals surface area contributed by atoms with Crippen LogP contribution in [-0.4, -0.2) is 66.0 Å². The minimum Gasteiger partial charge on any atom is -0.455 e. The molecule has 2 saturated heterocycles. The fourth-order valence-electron chi connectivity index (χ4n) is 2.21. The Morgan fingerprint density at radius 2 is 2.11 bits per heavy atom. The zero-order chi connectivity index (χ0) is 14.2. The summed E-state index contributed by atoms with van der Waals surface area (Å²) in [6.45, 7) is 1.46. The molecule has 110 valence electrons. The Kier molecular flexibility index (Phi) is 4.07. The fourth-order valence-corrected chi connectivity index (χ4v) is 2.21. The molecule has 0 aromatic rings. The molecule has 0 aromatic carbocycles. The lowest BCUT2D eigenvalue weighted by Crippen LogP contribution is -2.59. The van der Waals surface area contributed by atoms with Gasteiger partial charge in [0.2, 0.25) is 0 Å². The number of hydrogen-bond donors (Lipinski definition) is 2. The molecule has 5 atom stereocenters. The summed E-state index contributed by atoms with van der Waals surface area (Å²) in [5.74, 6) is -2.10. The molecule has 2 aliphatic rings. The van der Waals surface area contributed by atoms with Gasteiger partial charge in [-0.1, -0.05) is 0 Å². The number of halogens is 1. The molecule has 0 amide bonds. The summed E-state index contributed by atoms with van der Waals surface area (Å²) >= 11 is 0. The van der Waals surface area contributed by atoms with E-state index in [9.17, 15) is 14.3 Å². The maximum absolute atomic E-state index is 12.2. The number of carbonyl (C=O) groups is 1. The van der Waals surface area contributed by atoms with Gasteiger partial charge < -0.3 is 29.2 Å². The molecule has 2 aliphatic heterocycles. The number of esters is 1. The minimum atomic E-state index is -1.32. The van der Waals surface area contributed by atoms with Crippen LogP contribution < -0.4 is 0 Å². The molecule has 2 fully saturated rings. The third-order valence-electron chi connectivity index (χ3n) is 2.99. The molecule has 0 radical (unpaired) electrons. The van der Waals surface area contributed by atoms with Gasteiger partial charge >= 0.3 is 5.97 Å². The van der Waals surface area contributed by atoms with Crippen molar-refractivity contribution >= 4 is 5.97 Å². The van der Waals surface area contributed by atoms with Crippen molar-refractivity contribution in [2.24, 2.45) is 0 Å². The summed E-state index contributed by atoms with van der Waals surface area (Å²) < 4.78 is 33.3. The summed E-state index contributed by atoms with van der Waals surface area (Å²) in [5.41, 5.74) is 0. The van der Waals surface area contributed by atoms with Gasteiger partial charge in [0.25, 0.3) is 0 Å². The first-order chi connectivity index (χ1) is 8.88. The Morgan fingerprint density at radius 1 is 1.42 bits per heavy atom. The second-order valence-electron chi connectivity index (χ2n) is 4.90. The first kappa shape index (κ1) is 14.6. The number of hydrogen-bond acceptors (Lipinski definition) is 7. The summed E-state index contributed by atoms with van der Waals surface area (Å²) in [7, 11) is 0. The fraction of sp³-hybridized carbons (Fsp3) is 0.909. The van der Waals surface area contributed by atoms with E-state index in [1.807, 2.05) is 0 Å². The van der Waals surface area contributed by atoms with E-state index in [0.29, 0.717) is 0 Å². The van der Waals surface area contributed by atoms with Crippen molar-refractivity contribution in [3.05, 3.63) is 0 Å². The average Bonchev–Trinajstić information content (AvgIpc) is 2.66. The van der Waals surface area contributed by atoms with Crippen LogP contribution in [0.25, 0.3) is 0 Å². The largest absolute Gasteiger partial charge is 0.455 e. The van der Waals surface area contributed by atoms with Crippen LogP contribution >= 0.6 is 0 Å². The van der Waals surface area contributed by atoms with E-state index >= 15 is 0 Å². The first-order valence-electron chi connectivity index (χ1n) is 5.93. The van der Waals surface area contributed by atoms with Crippen LogP contribution in [0.3, 0.4) is 0 Å². The van der Waals surface area contributed by atoms with Gasteiger partial charge in [0.15, 0.2) is 31.0 Å². The standard InChI is InChI=1S/C11H17FO7/c1-11(2)18-9-8(17-6(14)3-12)7(15)5(4-13)16-10(9)19-11/h5,7-10,13,15H,3-4H2,1-2H3. The van der Waals surface area contributed by atoms with Crippen LogP contribution in [0.15, 0.2) is 0 Å². The summed E-state index contributed by atoms with van der Waals surface area (Å²) in [4.78, 5) is 11.1. The summed E-state index contributed by atoms with van der Waals surface area (Å²) in [6.07, 6.45) is -5.23. The number of aliphatic hydroxyl groups is 2. The van der Waals surface area contributed by atoms with Gasteiger partial charge in [0.1, 0.15) is 12.2 Å². The van der Waals surface area contributed by atoms with Gasteiger partial charge in [-0.3, -0.25) is 0 Å². The first-order valence-corrected chi connectivity index (χ1v) is 5.93. The van der Waals surface area contributed by atoms with Crippen molar-refractivity contribution in [2.75, 3.05) is 13.3 Å². The van der Waals surface area contributed by atoms with Crippen LogP contribution in [0.2, 0.25) is 0 Å². The lowest BCUT2D eigenvalue weighted by Gasteiger charge is -2.38. The van der Waals surface area contributed by atoms with E-state index in [4.69, 9.17) is 24.1 Å².